The summed E-state index contributed by atoms with van der Waals surface area (Å²) in [5.74, 6) is 0. The van der Waals surface area contributed by atoms with Gasteiger partial charge in [0.2, 0.25) is 0 Å². The molecule has 3 rings (SSSR count). The molecular weight excluding hydrogens is 299 g/mol. The Morgan fingerprint density at radius 3 is 2.53 bits per heavy atom. The molecule has 0 saturated carbocycles. The SMILES string of the molecule is Cc1cccc(Cl)c1Nc1nc2cccc(Cl)c2s1. The molecule has 96 valence electrons. The van der Waals surface area contributed by atoms with E-state index in [1.54, 1.807) is 0 Å². The normalized spacial score (nSPS) is 10.9. The highest BCUT2D eigenvalue weighted by Gasteiger charge is 2.09. The van der Waals surface area contributed by atoms with Gasteiger partial charge in [-0.3, -0.25) is 0 Å². The lowest BCUT2D eigenvalue weighted by atomic mass is 10.2. The van der Waals surface area contributed by atoms with Crippen molar-refractivity contribution in [2.45, 2.75) is 6.92 Å². The third-order valence-corrected chi connectivity index (χ3v) is 4.58. The summed E-state index contributed by atoms with van der Waals surface area (Å²) in [7, 11) is 0. The molecule has 1 N–H and O–H groups in total. The summed E-state index contributed by atoms with van der Waals surface area (Å²) in [5.41, 5.74) is 2.86. The van der Waals surface area contributed by atoms with E-state index >= 15 is 0 Å². The first-order valence-corrected chi connectivity index (χ1v) is 7.29. The molecule has 0 bridgehead atoms. The maximum absolute atomic E-state index is 6.20. The molecule has 19 heavy (non-hydrogen) atoms. The topological polar surface area (TPSA) is 24.9 Å². The predicted molar refractivity (Wildman–Crippen MR) is 84.1 cm³/mol. The Morgan fingerprint density at radius 1 is 1.05 bits per heavy atom. The van der Waals surface area contributed by atoms with E-state index in [9.17, 15) is 0 Å². The number of nitrogens with one attached hydrogen (secondary N) is 1. The standard InChI is InChI=1S/C14H10Cl2N2S/c1-8-4-2-5-9(15)12(8)18-14-17-11-7-3-6-10(16)13(11)19-14/h2-7H,1H3,(H,17,18). The van der Waals surface area contributed by atoms with Gasteiger partial charge in [0.15, 0.2) is 5.13 Å². The molecule has 3 aromatic rings. The van der Waals surface area contributed by atoms with Crippen LogP contribution in [0.4, 0.5) is 10.8 Å². The second kappa shape index (κ2) is 5.00. The Morgan fingerprint density at radius 2 is 1.79 bits per heavy atom. The molecule has 0 atom stereocenters. The van der Waals surface area contributed by atoms with Gasteiger partial charge < -0.3 is 5.32 Å². The average molecular weight is 309 g/mol. The van der Waals surface area contributed by atoms with Crippen molar-refractivity contribution in [3.63, 3.8) is 0 Å². The number of benzene rings is 2. The lowest BCUT2D eigenvalue weighted by Gasteiger charge is -2.08. The average Bonchev–Trinajstić information content (AvgIpc) is 2.78. The van der Waals surface area contributed by atoms with E-state index in [0.717, 1.165) is 31.6 Å². The Kier molecular flexibility index (Phi) is 3.35. The van der Waals surface area contributed by atoms with Crippen molar-refractivity contribution in [2.75, 3.05) is 5.32 Å². The van der Waals surface area contributed by atoms with Crippen LogP contribution in [0.2, 0.25) is 10.0 Å². The van der Waals surface area contributed by atoms with Crippen molar-refractivity contribution >= 4 is 55.6 Å². The summed E-state index contributed by atoms with van der Waals surface area (Å²) in [6.45, 7) is 2.01. The van der Waals surface area contributed by atoms with Crippen molar-refractivity contribution in [1.82, 2.24) is 4.98 Å². The Bertz CT molecular complexity index is 732. The van der Waals surface area contributed by atoms with Crippen LogP contribution in [0.1, 0.15) is 5.56 Å². The van der Waals surface area contributed by atoms with Crippen LogP contribution in [0.15, 0.2) is 36.4 Å². The van der Waals surface area contributed by atoms with Crippen LogP contribution in [-0.4, -0.2) is 4.98 Å². The van der Waals surface area contributed by atoms with E-state index in [2.05, 4.69) is 10.3 Å². The monoisotopic (exact) mass is 308 g/mol. The first-order valence-electron chi connectivity index (χ1n) is 5.72. The quantitative estimate of drug-likeness (QED) is 0.661. The maximum Gasteiger partial charge on any atom is 0.188 e. The van der Waals surface area contributed by atoms with Gasteiger partial charge in [0.25, 0.3) is 0 Å². The fraction of sp³-hybridized carbons (Fsp3) is 0.0714. The number of halogens is 2. The van der Waals surface area contributed by atoms with E-state index < -0.39 is 0 Å². The van der Waals surface area contributed by atoms with Crippen molar-refractivity contribution < 1.29 is 0 Å². The molecule has 0 fully saturated rings. The molecule has 5 heteroatoms. The lowest BCUT2D eigenvalue weighted by molar-refractivity contribution is 1.40. The molecule has 0 unspecified atom stereocenters. The minimum atomic E-state index is 0.686. The van der Waals surface area contributed by atoms with E-state index in [1.807, 2.05) is 43.3 Å². The molecule has 1 aromatic heterocycles. The van der Waals surface area contributed by atoms with E-state index in [4.69, 9.17) is 23.2 Å². The van der Waals surface area contributed by atoms with Gasteiger partial charge in [-0.05, 0) is 30.7 Å². The molecular formula is C14H10Cl2N2S. The maximum atomic E-state index is 6.20. The first kappa shape index (κ1) is 12.7. The molecule has 0 amide bonds. The number of hydrogen-bond donors (Lipinski definition) is 1. The van der Waals surface area contributed by atoms with Gasteiger partial charge in [-0.25, -0.2) is 4.98 Å². The van der Waals surface area contributed by atoms with Gasteiger partial charge in [-0.1, -0.05) is 52.7 Å². The Labute approximate surface area is 125 Å². The van der Waals surface area contributed by atoms with Gasteiger partial charge >= 0.3 is 0 Å². The number of hydrogen-bond acceptors (Lipinski definition) is 3. The van der Waals surface area contributed by atoms with Crippen LogP contribution in [0, 0.1) is 6.92 Å². The van der Waals surface area contributed by atoms with Crippen molar-refractivity contribution in [3.8, 4) is 0 Å². The summed E-state index contributed by atoms with van der Waals surface area (Å²) in [6.07, 6.45) is 0. The number of para-hydroxylation sites is 1. The third kappa shape index (κ3) is 2.41. The molecule has 2 aromatic carbocycles. The lowest BCUT2D eigenvalue weighted by Crippen LogP contribution is -1.93. The molecule has 0 spiro atoms. The van der Waals surface area contributed by atoms with Crippen LogP contribution in [0.5, 0.6) is 0 Å². The summed E-state index contributed by atoms with van der Waals surface area (Å²) in [6, 6.07) is 11.5. The molecule has 0 aliphatic heterocycles. The van der Waals surface area contributed by atoms with Crippen LogP contribution in [0.25, 0.3) is 10.2 Å². The van der Waals surface area contributed by atoms with Crippen LogP contribution < -0.4 is 5.32 Å². The van der Waals surface area contributed by atoms with Crippen molar-refractivity contribution in [3.05, 3.63) is 52.0 Å². The zero-order chi connectivity index (χ0) is 13.4. The third-order valence-electron chi connectivity index (χ3n) is 2.82. The number of aryl methyl sites for hydroxylation is 1. The van der Waals surface area contributed by atoms with Gasteiger partial charge in [0, 0.05) is 0 Å². The fourth-order valence-electron chi connectivity index (χ4n) is 1.87. The highest BCUT2D eigenvalue weighted by atomic mass is 35.5. The van der Waals surface area contributed by atoms with Crippen LogP contribution in [0.3, 0.4) is 0 Å². The number of rotatable bonds is 2. The smallest absolute Gasteiger partial charge is 0.188 e. The Balaban J connectivity index is 2.04. The van der Waals surface area contributed by atoms with E-state index in [-0.39, 0.29) is 0 Å². The number of thiazole rings is 1. The van der Waals surface area contributed by atoms with Crippen molar-refractivity contribution in [1.29, 1.82) is 0 Å². The molecule has 1 heterocycles. The minimum absolute atomic E-state index is 0.686. The molecule has 0 radical (unpaired) electrons. The highest BCUT2D eigenvalue weighted by molar-refractivity contribution is 7.22. The second-order valence-corrected chi connectivity index (χ2v) is 5.98. The molecule has 0 aliphatic rings. The molecule has 0 saturated heterocycles. The zero-order valence-corrected chi connectivity index (χ0v) is 12.4. The minimum Gasteiger partial charge on any atom is -0.330 e. The molecule has 0 aliphatic carbocycles. The van der Waals surface area contributed by atoms with Crippen LogP contribution >= 0.6 is 34.5 Å². The fourth-order valence-corrected chi connectivity index (χ4v) is 3.29. The second-order valence-electron chi connectivity index (χ2n) is 4.16. The number of fused-ring (bicyclic) bond motifs is 1. The Hall–Kier alpha value is -1.29. The van der Waals surface area contributed by atoms with Crippen LogP contribution in [-0.2, 0) is 0 Å². The predicted octanol–water partition coefficient (Wildman–Crippen LogP) is 5.66. The molecule has 2 nitrogen and oxygen atoms in total. The van der Waals surface area contributed by atoms with Gasteiger partial charge in [-0.15, -0.1) is 0 Å². The van der Waals surface area contributed by atoms with E-state index in [0.29, 0.717) is 5.02 Å². The summed E-state index contributed by atoms with van der Waals surface area (Å²) in [5, 5.41) is 5.47. The summed E-state index contributed by atoms with van der Waals surface area (Å²) in [4.78, 5) is 4.52. The summed E-state index contributed by atoms with van der Waals surface area (Å²) >= 11 is 13.9. The van der Waals surface area contributed by atoms with Gasteiger partial charge in [-0.2, -0.15) is 0 Å². The first-order chi connectivity index (χ1) is 9.15. The largest absolute Gasteiger partial charge is 0.330 e. The summed E-state index contributed by atoms with van der Waals surface area (Å²) < 4.78 is 0.983. The number of anilines is 2. The van der Waals surface area contributed by atoms with Crippen molar-refractivity contribution in [2.24, 2.45) is 0 Å². The van der Waals surface area contributed by atoms with Gasteiger partial charge in [0.05, 0.1) is 25.9 Å². The number of aromatic nitrogens is 1. The van der Waals surface area contributed by atoms with Gasteiger partial charge in [0.1, 0.15) is 0 Å². The number of nitrogens with zero attached hydrogens (tertiary/aromatic N) is 1. The van der Waals surface area contributed by atoms with E-state index in [1.165, 1.54) is 11.3 Å². The zero-order valence-electron chi connectivity index (χ0n) is 10.1. The highest BCUT2D eigenvalue weighted by Crippen LogP contribution is 2.35.